The molecule has 5 heteroatoms. The molecule has 0 radical (unpaired) electrons. The molecule has 0 unspecified atom stereocenters. The normalized spacial score (nSPS) is 24.4. The Morgan fingerprint density at radius 3 is 2.26 bits per heavy atom. The molecular formula is C22H34N2O3. The van der Waals surface area contributed by atoms with E-state index in [1.54, 1.807) is 0 Å². The molecular weight excluding hydrogens is 340 g/mol. The molecule has 2 saturated heterocycles. The van der Waals surface area contributed by atoms with Crippen molar-refractivity contribution < 1.29 is 14.4 Å². The van der Waals surface area contributed by atoms with Gasteiger partial charge in [0.25, 0.3) is 0 Å². The van der Waals surface area contributed by atoms with Gasteiger partial charge in [-0.25, -0.2) is 0 Å². The fourth-order valence-electron chi connectivity index (χ4n) is 4.36. The second-order valence-electron chi connectivity index (χ2n) is 9.01. The highest BCUT2D eigenvalue weighted by Crippen LogP contribution is 2.39. The largest absolute Gasteiger partial charge is 0.379 e. The number of rotatable bonds is 6. The molecule has 0 spiro atoms. The van der Waals surface area contributed by atoms with Crippen molar-refractivity contribution in [2.45, 2.75) is 64.1 Å². The van der Waals surface area contributed by atoms with E-state index in [2.05, 4.69) is 37.7 Å². The van der Waals surface area contributed by atoms with Gasteiger partial charge in [0.2, 0.25) is 0 Å². The van der Waals surface area contributed by atoms with Crippen molar-refractivity contribution >= 4 is 5.78 Å². The number of hydroxylamine groups is 2. The number of Topliss-reactive ketones (excluding diaryl/α,β-unsaturated/α-hetero) is 1. The van der Waals surface area contributed by atoms with E-state index in [1.165, 1.54) is 6.42 Å². The lowest BCUT2D eigenvalue weighted by molar-refractivity contribution is -0.296. The van der Waals surface area contributed by atoms with Gasteiger partial charge in [-0.05, 0) is 47.0 Å². The van der Waals surface area contributed by atoms with Gasteiger partial charge in [0.05, 0.1) is 13.2 Å². The topological polar surface area (TPSA) is 42.0 Å². The summed E-state index contributed by atoms with van der Waals surface area (Å²) in [6.07, 6.45) is 2.81. The summed E-state index contributed by atoms with van der Waals surface area (Å²) < 4.78 is 5.46. The average molecular weight is 375 g/mol. The third-order valence-corrected chi connectivity index (χ3v) is 5.79. The standard InChI is InChI=1S/C22H34N2O3/c1-21(2)11-8-12-22(3,4)24(21)27-19(17-23-13-15-26-16-14-23)20(25)18-9-6-5-7-10-18/h5-7,9-10,19H,8,11-17H2,1-4H3/t19-/m0/s1. The first kappa shape index (κ1) is 20.5. The van der Waals surface area contributed by atoms with Gasteiger partial charge in [-0.1, -0.05) is 30.3 Å². The highest BCUT2D eigenvalue weighted by Gasteiger charge is 2.44. The van der Waals surface area contributed by atoms with Crippen LogP contribution in [0.2, 0.25) is 0 Å². The lowest BCUT2D eigenvalue weighted by Crippen LogP contribution is -2.61. The summed E-state index contributed by atoms with van der Waals surface area (Å²) in [4.78, 5) is 22.1. The molecule has 150 valence electrons. The van der Waals surface area contributed by atoms with Crippen molar-refractivity contribution in [3.63, 3.8) is 0 Å². The van der Waals surface area contributed by atoms with Crippen molar-refractivity contribution in [2.24, 2.45) is 0 Å². The molecule has 1 atom stereocenters. The molecule has 0 saturated carbocycles. The van der Waals surface area contributed by atoms with Crippen molar-refractivity contribution in [2.75, 3.05) is 32.8 Å². The zero-order chi connectivity index (χ0) is 19.5. The quantitative estimate of drug-likeness (QED) is 0.713. The predicted molar refractivity (Wildman–Crippen MR) is 107 cm³/mol. The molecule has 2 fully saturated rings. The van der Waals surface area contributed by atoms with Gasteiger partial charge in [-0.15, -0.1) is 0 Å². The van der Waals surface area contributed by atoms with E-state index in [9.17, 15) is 4.79 Å². The number of carbonyl (C=O) groups excluding carboxylic acids is 1. The lowest BCUT2D eigenvalue weighted by Gasteiger charge is -2.52. The van der Waals surface area contributed by atoms with E-state index in [4.69, 9.17) is 9.57 Å². The number of ketones is 1. The molecule has 2 heterocycles. The number of morpholine rings is 1. The number of ether oxygens (including phenoxy) is 1. The fraction of sp³-hybridized carbons (Fsp3) is 0.682. The van der Waals surface area contributed by atoms with E-state index < -0.39 is 6.10 Å². The molecule has 3 rings (SSSR count). The van der Waals surface area contributed by atoms with Crippen molar-refractivity contribution in [3.8, 4) is 0 Å². The summed E-state index contributed by atoms with van der Waals surface area (Å²) in [7, 11) is 0. The number of benzene rings is 1. The first-order chi connectivity index (χ1) is 12.8. The molecule has 0 bridgehead atoms. The average Bonchev–Trinajstić information content (AvgIpc) is 2.64. The monoisotopic (exact) mass is 374 g/mol. The van der Waals surface area contributed by atoms with Crippen molar-refractivity contribution in [3.05, 3.63) is 35.9 Å². The number of hydrogen-bond donors (Lipinski definition) is 0. The molecule has 0 aromatic heterocycles. The highest BCUT2D eigenvalue weighted by atomic mass is 16.7. The molecule has 0 amide bonds. The van der Waals surface area contributed by atoms with Crippen LogP contribution in [0.3, 0.4) is 0 Å². The van der Waals surface area contributed by atoms with E-state index in [0.717, 1.165) is 25.9 Å². The highest BCUT2D eigenvalue weighted by molar-refractivity contribution is 5.99. The summed E-state index contributed by atoms with van der Waals surface area (Å²) in [5, 5.41) is 2.11. The van der Waals surface area contributed by atoms with E-state index in [1.807, 2.05) is 30.3 Å². The van der Waals surface area contributed by atoms with E-state index in [-0.39, 0.29) is 16.9 Å². The predicted octanol–water partition coefficient (Wildman–Crippen LogP) is 3.54. The summed E-state index contributed by atoms with van der Waals surface area (Å²) in [5.41, 5.74) is 0.521. The number of piperidine rings is 1. The molecule has 0 aliphatic carbocycles. The number of nitrogens with zero attached hydrogens (tertiary/aromatic N) is 2. The molecule has 1 aromatic carbocycles. The van der Waals surface area contributed by atoms with Crippen LogP contribution >= 0.6 is 0 Å². The minimum atomic E-state index is -0.512. The molecule has 2 aliphatic heterocycles. The van der Waals surface area contributed by atoms with Crippen molar-refractivity contribution in [1.82, 2.24) is 9.96 Å². The van der Waals surface area contributed by atoms with Gasteiger partial charge in [0.15, 0.2) is 11.9 Å². The van der Waals surface area contributed by atoms with Gasteiger partial charge in [-0.2, -0.15) is 5.06 Å². The summed E-state index contributed by atoms with van der Waals surface area (Å²) in [6, 6.07) is 9.52. The van der Waals surface area contributed by atoms with Crippen molar-refractivity contribution in [1.29, 1.82) is 0 Å². The van der Waals surface area contributed by atoms with Crippen LogP contribution in [-0.4, -0.2) is 65.8 Å². The molecule has 2 aliphatic rings. The van der Waals surface area contributed by atoms with Crippen LogP contribution in [0, 0.1) is 0 Å². The maximum absolute atomic E-state index is 13.3. The van der Waals surface area contributed by atoms with Gasteiger partial charge in [0, 0.05) is 36.3 Å². The second-order valence-corrected chi connectivity index (χ2v) is 9.01. The Balaban J connectivity index is 1.83. The number of hydrogen-bond acceptors (Lipinski definition) is 5. The third-order valence-electron chi connectivity index (χ3n) is 5.79. The minimum Gasteiger partial charge on any atom is -0.379 e. The Kier molecular flexibility index (Phi) is 6.36. The lowest BCUT2D eigenvalue weighted by atomic mass is 9.82. The van der Waals surface area contributed by atoms with Gasteiger partial charge >= 0.3 is 0 Å². The van der Waals surface area contributed by atoms with Crippen LogP contribution in [0.15, 0.2) is 30.3 Å². The maximum Gasteiger partial charge on any atom is 0.194 e. The van der Waals surface area contributed by atoms with Crippen LogP contribution in [-0.2, 0) is 9.57 Å². The van der Waals surface area contributed by atoms with Crippen LogP contribution in [0.1, 0.15) is 57.3 Å². The zero-order valence-corrected chi connectivity index (χ0v) is 17.2. The van der Waals surface area contributed by atoms with Crippen LogP contribution < -0.4 is 0 Å². The molecule has 27 heavy (non-hydrogen) atoms. The molecule has 5 nitrogen and oxygen atoms in total. The third kappa shape index (κ3) is 4.96. The second kappa shape index (κ2) is 8.39. The Labute approximate surface area is 163 Å². The SMILES string of the molecule is CC1(C)CCCC(C)(C)N1O[C@@H](CN1CCOCC1)C(=O)c1ccccc1. The Hall–Kier alpha value is -1.27. The van der Waals surface area contributed by atoms with Gasteiger partial charge in [-0.3, -0.25) is 14.5 Å². The van der Waals surface area contributed by atoms with Crippen LogP contribution in [0.4, 0.5) is 0 Å². The van der Waals surface area contributed by atoms with Gasteiger partial charge < -0.3 is 4.74 Å². The smallest absolute Gasteiger partial charge is 0.194 e. The zero-order valence-electron chi connectivity index (χ0n) is 17.2. The van der Waals surface area contributed by atoms with Crippen LogP contribution in [0.5, 0.6) is 0 Å². The van der Waals surface area contributed by atoms with E-state index in [0.29, 0.717) is 25.3 Å². The van der Waals surface area contributed by atoms with Gasteiger partial charge in [0.1, 0.15) is 0 Å². The Bertz CT molecular complexity index is 608. The Morgan fingerprint density at radius 1 is 1.07 bits per heavy atom. The first-order valence-corrected chi connectivity index (χ1v) is 10.2. The van der Waals surface area contributed by atoms with Crippen LogP contribution in [0.25, 0.3) is 0 Å². The fourth-order valence-corrected chi connectivity index (χ4v) is 4.36. The summed E-state index contributed by atoms with van der Waals surface area (Å²) in [6.45, 7) is 12.6. The number of carbonyl (C=O) groups is 1. The van der Waals surface area contributed by atoms with E-state index >= 15 is 0 Å². The summed E-state index contributed by atoms with van der Waals surface area (Å²) >= 11 is 0. The Morgan fingerprint density at radius 2 is 1.67 bits per heavy atom. The maximum atomic E-state index is 13.3. The first-order valence-electron chi connectivity index (χ1n) is 10.2. The molecule has 1 aromatic rings. The summed E-state index contributed by atoms with van der Waals surface area (Å²) in [5.74, 6) is 0.0549. The minimum absolute atomic E-state index is 0.0549. The molecule has 0 N–H and O–H groups in total.